The van der Waals surface area contributed by atoms with Crippen molar-refractivity contribution in [1.82, 2.24) is 5.01 Å². The number of aliphatic imine (C=N–C) groups is 1. The molecule has 0 radical (unpaired) electrons. The third kappa shape index (κ3) is 4.30. The lowest BCUT2D eigenvalue weighted by atomic mass is 10.2. The summed E-state index contributed by atoms with van der Waals surface area (Å²) in [6, 6.07) is 7.46. The van der Waals surface area contributed by atoms with Crippen LogP contribution in [0, 0.1) is 0 Å². The van der Waals surface area contributed by atoms with E-state index in [1.807, 2.05) is 24.3 Å². The van der Waals surface area contributed by atoms with Crippen LogP contribution in [0.3, 0.4) is 0 Å². The smallest absolute Gasteiger partial charge is 0.187 e. The summed E-state index contributed by atoms with van der Waals surface area (Å²) in [6.45, 7) is 0.837. The maximum Gasteiger partial charge on any atom is 0.187 e. The Kier molecular flexibility index (Phi) is 3.90. The molecule has 1 rings (SSSR count). The minimum Gasteiger partial charge on any atom is -0.399 e. The van der Waals surface area contributed by atoms with E-state index in [1.165, 1.54) is 5.01 Å². The van der Waals surface area contributed by atoms with Gasteiger partial charge in [-0.3, -0.25) is 5.84 Å². The first kappa shape index (κ1) is 11.3. The highest BCUT2D eigenvalue weighted by molar-refractivity contribution is 5.75. The van der Waals surface area contributed by atoms with Crippen LogP contribution in [0.1, 0.15) is 5.56 Å². The van der Waals surface area contributed by atoms with Crippen LogP contribution in [0.4, 0.5) is 5.69 Å². The molecule has 0 saturated carbocycles. The number of nitrogens with two attached hydrogens (primary N) is 4. The molecule has 6 heteroatoms. The lowest BCUT2D eigenvalue weighted by Gasteiger charge is -2.13. The van der Waals surface area contributed by atoms with Crippen molar-refractivity contribution >= 4 is 11.6 Å². The number of nitrogens with zero attached hydrogens (tertiary/aromatic N) is 2. The van der Waals surface area contributed by atoms with Crippen LogP contribution in [-0.4, -0.2) is 17.6 Å². The molecule has 0 atom stereocenters. The topological polar surface area (TPSA) is 120 Å². The van der Waals surface area contributed by atoms with Gasteiger partial charge in [0.05, 0.1) is 0 Å². The highest BCUT2D eigenvalue weighted by Crippen LogP contribution is 2.06. The fourth-order valence-electron chi connectivity index (χ4n) is 1.08. The highest BCUT2D eigenvalue weighted by Gasteiger charge is 1.99. The molecule has 82 valence electrons. The summed E-state index contributed by atoms with van der Waals surface area (Å²) in [5.41, 5.74) is 17.7. The van der Waals surface area contributed by atoms with Crippen molar-refractivity contribution in [1.29, 1.82) is 0 Å². The van der Waals surface area contributed by atoms with Gasteiger partial charge in [0.15, 0.2) is 5.96 Å². The van der Waals surface area contributed by atoms with Crippen molar-refractivity contribution in [2.24, 2.45) is 22.3 Å². The Hall–Kier alpha value is -1.79. The quantitative estimate of drug-likeness (QED) is 0.169. The molecule has 0 unspecified atom stereocenters. The third-order valence-corrected chi connectivity index (χ3v) is 1.80. The molecule has 1 aromatic rings. The zero-order valence-electron chi connectivity index (χ0n) is 8.43. The maximum absolute atomic E-state index is 5.68. The van der Waals surface area contributed by atoms with Gasteiger partial charge in [0.1, 0.15) is 6.67 Å². The Labute approximate surface area is 88.5 Å². The molecule has 0 heterocycles. The van der Waals surface area contributed by atoms with Crippen molar-refractivity contribution in [2.75, 3.05) is 12.4 Å². The van der Waals surface area contributed by atoms with E-state index in [9.17, 15) is 0 Å². The summed E-state index contributed by atoms with van der Waals surface area (Å²) in [7, 11) is 0. The van der Waals surface area contributed by atoms with Gasteiger partial charge < -0.3 is 17.2 Å². The normalized spacial score (nSPS) is 10.3. The van der Waals surface area contributed by atoms with Crippen LogP contribution in [-0.2, 0) is 6.54 Å². The number of hydrogen-bond donors (Lipinski definition) is 4. The van der Waals surface area contributed by atoms with Gasteiger partial charge in [0, 0.05) is 12.2 Å². The number of anilines is 1. The minimum atomic E-state index is 0.0303. The maximum atomic E-state index is 5.68. The van der Waals surface area contributed by atoms with E-state index in [0.29, 0.717) is 6.54 Å². The molecule has 0 saturated heterocycles. The van der Waals surface area contributed by atoms with Gasteiger partial charge >= 0.3 is 0 Å². The number of guanidine groups is 1. The molecule has 6 nitrogen and oxygen atoms in total. The van der Waals surface area contributed by atoms with Gasteiger partial charge in [-0.05, 0) is 17.7 Å². The van der Waals surface area contributed by atoms with E-state index in [2.05, 4.69) is 4.99 Å². The van der Waals surface area contributed by atoms with Crippen LogP contribution in [0.2, 0.25) is 0 Å². The average molecular weight is 208 g/mol. The summed E-state index contributed by atoms with van der Waals surface area (Å²) in [5, 5.41) is 1.51. The standard InChI is InChI=1S/C9H16N6/c10-8-3-1-7(2-4-8)5-15(13)6-14-9(11)12/h1-4H,5-6,10,13H2,(H4,11,12,14). The number of hydrogen-bond acceptors (Lipinski definition) is 4. The highest BCUT2D eigenvalue weighted by atomic mass is 15.4. The third-order valence-electron chi connectivity index (χ3n) is 1.80. The zero-order valence-corrected chi connectivity index (χ0v) is 8.43. The first-order chi connectivity index (χ1) is 7.08. The Balaban J connectivity index is 2.47. The van der Waals surface area contributed by atoms with Crippen molar-refractivity contribution in [3.05, 3.63) is 29.8 Å². The van der Waals surface area contributed by atoms with E-state index in [-0.39, 0.29) is 12.6 Å². The van der Waals surface area contributed by atoms with E-state index in [4.69, 9.17) is 23.0 Å². The van der Waals surface area contributed by atoms with Crippen LogP contribution in [0.25, 0.3) is 0 Å². The summed E-state index contributed by atoms with van der Waals surface area (Å²) >= 11 is 0. The Morgan fingerprint density at radius 3 is 2.33 bits per heavy atom. The summed E-state index contributed by atoms with van der Waals surface area (Å²) < 4.78 is 0. The molecule has 0 aliphatic carbocycles. The van der Waals surface area contributed by atoms with Gasteiger partial charge in [-0.25, -0.2) is 10.0 Å². The molecule has 0 aliphatic heterocycles. The van der Waals surface area contributed by atoms with Crippen LogP contribution in [0.5, 0.6) is 0 Å². The van der Waals surface area contributed by atoms with Gasteiger partial charge in [-0.1, -0.05) is 12.1 Å². The zero-order chi connectivity index (χ0) is 11.3. The fourth-order valence-corrected chi connectivity index (χ4v) is 1.08. The van der Waals surface area contributed by atoms with Crippen LogP contribution < -0.4 is 23.0 Å². The number of rotatable bonds is 4. The minimum absolute atomic E-state index is 0.0303. The molecule has 0 aliphatic rings. The van der Waals surface area contributed by atoms with Crippen molar-refractivity contribution in [2.45, 2.75) is 6.54 Å². The SMILES string of the molecule is NC(N)=NCN(N)Cc1ccc(N)cc1. The largest absolute Gasteiger partial charge is 0.399 e. The van der Waals surface area contributed by atoms with Gasteiger partial charge in [-0.15, -0.1) is 0 Å². The first-order valence-corrected chi connectivity index (χ1v) is 4.47. The predicted octanol–water partition coefficient (Wildman–Crippen LogP) is -0.825. The van der Waals surface area contributed by atoms with E-state index in [1.54, 1.807) is 0 Å². The van der Waals surface area contributed by atoms with E-state index < -0.39 is 0 Å². The molecule has 1 aromatic carbocycles. The molecular formula is C9H16N6. The van der Waals surface area contributed by atoms with E-state index >= 15 is 0 Å². The molecular weight excluding hydrogens is 192 g/mol. The number of benzene rings is 1. The van der Waals surface area contributed by atoms with Crippen LogP contribution in [0.15, 0.2) is 29.3 Å². The van der Waals surface area contributed by atoms with E-state index in [0.717, 1.165) is 11.3 Å². The second kappa shape index (κ2) is 5.18. The van der Waals surface area contributed by atoms with Crippen LogP contribution >= 0.6 is 0 Å². The average Bonchev–Trinajstić information content (AvgIpc) is 2.19. The molecule has 0 aromatic heterocycles. The number of hydrazine groups is 1. The lowest BCUT2D eigenvalue weighted by molar-refractivity contribution is 0.284. The summed E-state index contributed by atoms with van der Waals surface area (Å²) in [6.07, 6.45) is 0. The molecule has 0 spiro atoms. The van der Waals surface area contributed by atoms with Crippen molar-refractivity contribution < 1.29 is 0 Å². The summed E-state index contributed by atoms with van der Waals surface area (Å²) in [5.74, 6) is 5.71. The fraction of sp³-hybridized carbons (Fsp3) is 0.222. The second-order valence-electron chi connectivity index (χ2n) is 3.21. The van der Waals surface area contributed by atoms with Crippen molar-refractivity contribution in [3.8, 4) is 0 Å². The number of nitrogen functional groups attached to an aromatic ring is 1. The van der Waals surface area contributed by atoms with Crippen molar-refractivity contribution in [3.63, 3.8) is 0 Å². The monoisotopic (exact) mass is 208 g/mol. The first-order valence-electron chi connectivity index (χ1n) is 4.47. The van der Waals surface area contributed by atoms with Gasteiger partial charge in [0.25, 0.3) is 0 Å². The summed E-state index contributed by atoms with van der Waals surface area (Å²) in [4.78, 5) is 3.79. The lowest BCUT2D eigenvalue weighted by Crippen LogP contribution is -2.33. The van der Waals surface area contributed by atoms with Gasteiger partial charge in [-0.2, -0.15) is 0 Å². The Morgan fingerprint density at radius 1 is 1.20 bits per heavy atom. The molecule has 8 N–H and O–H groups in total. The molecule has 15 heavy (non-hydrogen) atoms. The molecule has 0 bridgehead atoms. The predicted molar refractivity (Wildman–Crippen MR) is 61.3 cm³/mol. The Morgan fingerprint density at radius 2 is 1.80 bits per heavy atom. The Bertz CT molecular complexity index is 327. The second-order valence-corrected chi connectivity index (χ2v) is 3.21. The van der Waals surface area contributed by atoms with Gasteiger partial charge in [0.2, 0.25) is 0 Å². The molecule has 0 fully saturated rings. The molecule has 0 amide bonds.